The summed E-state index contributed by atoms with van der Waals surface area (Å²) in [5.74, 6) is 0.523. The van der Waals surface area contributed by atoms with Crippen LogP contribution in [0.3, 0.4) is 0 Å². The molecule has 2 aromatic carbocycles. The van der Waals surface area contributed by atoms with E-state index in [0.29, 0.717) is 12.4 Å². The molecule has 0 bridgehead atoms. The normalized spacial score (nSPS) is 16.6. The number of aliphatic hydroxyl groups is 1. The number of halogens is 3. The van der Waals surface area contributed by atoms with Crippen molar-refractivity contribution in [2.75, 3.05) is 19.8 Å². The number of hydrogen-bond donors (Lipinski definition) is 2. The maximum Gasteiger partial charge on any atom is 0.422 e. The van der Waals surface area contributed by atoms with Crippen molar-refractivity contribution >= 4 is 10.0 Å². The largest absolute Gasteiger partial charge is 0.486 e. The fourth-order valence-corrected chi connectivity index (χ4v) is 3.63. The molecule has 10 heteroatoms. The predicted molar refractivity (Wildman–Crippen MR) is 89.0 cm³/mol. The third-order valence-corrected chi connectivity index (χ3v) is 5.46. The number of alkyl halides is 3. The summed E-state index contributed by atoms with van der Waals surface area (Å²) in [5, 5.41) is 10.2. The molecule has 6 nitrogen and oxygen atoms in total. The van der Waals surface area contributed by atoms with Crippen LogP contribution < -0.4 is 14.2 Å². The topological polar surface area (TPSA) is 84.9 Å². The molecule has 1 aliphatic heterocycles. The Kier molecular flexibility index (Phi) is 5.06. The van der Waals surface area contributed by atoms with Crippen LogP contribution in [0, 0.1) is 0 Å². The van der Waals surface area contributed by atoms with E-state index in [1.807, 2.05) is 4.72 Å². The molecule has 1 aliphatic rings. The molecule has 27 heavy (non-hydrogen) atoms. The van der Waals surface area contributed by atoms with Crippen LogP contribution in [0.4, 0.5) is 13.2 Å². The summed E-state index contributed by atoms with van der Waals surface area (Å²) in [4.78, 5) is -0.302. The van der Waals surface area contributed by atoms with Crippen molar-refractivity contribution in [2.24, 2.45) is 0 Å². The van der Waals surface area contributed by atoms with Crippen LogP contribution in [0.25, 0.3) is 0 Å². The zero-order valence-electron chi connectivity index (χ0n) is 13.9. The number of fused-ring (bicyclic) bond motifs is 1. The molecule has 1 atom stereocenters. The lowest BCUT2D eigenvalue weighted by atomic mass is 9.93. The van der Waals surface area contributed by atoms with Crippen molar-refractivity contribution in [1.29, 1.82) is 0 Å². The second-order valence-electron chi connectivity index (χ2n) is 5.85. The minimum atomic E-state index is -5.09. The van der Waals surface area contributed by atoms with Gasteiger partial charge >= 0.3 is 6.18 Å². The third kappa shape index (κ3) is 3.87. The Labute approximate surface area is 153 Å². The first-order valence-corrected chi connectivity index (χ1v) is 9.36. The number of nitrogens with one attached hydrogen (secondary N) is 1. The summed E-state index contributed by atoms with van der Waals surface area (Å²) in [6.07, 6.45) is -5.09. The molecule has 0 radical (unpaired) electrons. The van der Waals surface area contributed by atoms with E-state index in [0.717, 1.165) is 18.2 Å². The Bertz CT molecular complexity index is 918. The van der Waals surface area contributed by atoms with E-state index in [-0.39, 0.29) is 17.3 Å². The molecule has 0 fully saturated rings. The lowest BCUT2D eigenvalue weighted by molar-refractivity contribution is -0.263. The van der Waals surface area contributed by atoms with Gasteiger partial charge in [0.2, 0.25) is 10.0 Å². The van der Waals surface area contributed by atoms with E-state index >= 15 is 0 Å². The summed E-state index contributed by atoms with van der Waals surface area (Å²) < 4.78 is 77.7. The highest BCUT2D eigenvalue weighted by Crippen LogP contribution is 2.39. The predicted octanol–water partition coefficient (Wildman–Crippen LogP) is 2.19. The molecule has 146 valence electrons. The fraction of sp³-hybridized carbons (Fsp3) is 0.294. The average molecular weight is 403 g/mol. The molecule has 2 aromatic rings. The molecular formula is C17H16F3NO5S. The highest BCUT2D eigenvalue weighted by molar-refractivity contribution is 7.89. The minimum Gasteiger partial charge on any atom is -0.486 e. The second-order valence-corrected chi connectivity index (χ2v) is 7.62. The van der Waals surface area contributed by atoms with Crippen molar-refractivity contribution in [3.8, 4) is 11.5 Å². The summed E-state index contributed by atoms with van der Waals surface area (Å²) >= 11 is 0. The highest BCUT2D eigenvalue weighted by atomic mass is 32.2. The summed E-state index contributed by atoms with van der Waals surface area (Å²) in [7, 11) is -4.34. The van der Waals surface area contributed by atoms with Crippen molar-refractivity contribution in [3.63, 3.8) is 0 Å². The standard InChI is InChI=1S/C17H16F3NO5S/c18-17(19,20)16(22,12-4-2-1-3-5-12)11-21-27(23,24)13-6-7-14-15(10-13)26-9-8-25-14/h1-7,10,21-22H,8-9,11H2. The van der Waals surface area contributed by atoms with Crippen molar-refractivity contribution in [1.82, 2.24) is 4.72 Å². The van der Waals surface area contributed by atoms with Gasteiger partial charge in [-0.25, -0.2) is 13.1 Å². The van der Waals surface area contributed by atoms with Gasteiger partial charge in [-0.2, -0.15) is 13.2 Å². The van der Waals surface area contributed by atoms with Crippen LogP contribution in [0.2, 0.25) is 0 Å². The van der Waals surface area contributed by atoms with E-state index in [9.17, 15) is 26.7 Å². The van der Waals surface area contributed by atoms with E-state index in [4.69, 9.17) is 9.47 Å². The van der Waals surface area contributed by atoms with Crippen LogP contribution in [0.1, 0.15) is 5.56 Å². The lowest BCUT2D eigenvalue weighted by Crippen LogP contribution is -2.51. The number of ether oxygens (including phenoxy) is 2. The van der Waals surface area contributed by atoms with Gasteiger partial charge in [-0.15, -0.1) is 0 Å². The first kappa shape index (κ1) is 19.5. The molecule has 0 saturated carbocycles. The summed E-state index contributed by atoms with van der Waals surface area (Å²) in [6.45, 7) is -0.740. The third-order valence-electron chi connectivity index (χ3n) is 4.06. The van der Waals surface area contributed by atoms with Gasteiger partial charge in [0.05, 0.1) is 11.4 Å². The molecule has 3 rings (SSSR count). The quantitative estimate of drug-likeness (QED) is 0.800. The van der Waals surface area contributed by atoms with Crippen LogP contribution >= 0.6 is 0 Å². The minimum absolute atomic E-state index is 0.179. The van der Waals surface area contributed by atoms with E-state index < -0.39 is 33.9 Å². The van der Waals surface area contributed by atoms with Gasteiger partial charge < -0.3 is 14.6 Å². The van der Waals surface area contributed by atoms with E-state index in [1.165, 1.54) is 30.3 Å². The monoisotopic (exact) mass is 403 g/mol. The number of sulfonamides is 1. The van der Waals surface area contributed by atoms with Gasteiger partial charge in [0.1, 0.15) is 13.2 Å². The second kappa shape index (κ2) is 7.02. The number of rotatable bonds is 5. The molecule has 2 N–H and O–H groups in total. The van der Waals surface area contributed by atoms with Crippen molar-refractivity contribution in [3.05, 3.63) is 54.1 Å². The Hall–Kier alpha value is -2.30. The molecule has 0 saturated heterocycles. The maximum atomic E-state index is 13.5. The van der Waals surface area contributed by atoms with Gasteiger partial charge in [0.15, 0.2) is 17.1 Å². The number of hydrogen-bond acceptors (Lipinski definition) is 5. The average Bonchev–Trinajstić information content (AvgIpc) is 2.65. The Morgan fingerprint density at radius 2 is 1.63 bits per heavy atom. The first-order valence-electron chi connectivity index (χ1n) is 7.87. The van der Waals surface area contributed by atoms with Crippen LogP contribution in [-0.2, 0) is 15.6 Å². The van der Waals surface area contributed by atoms with Crippen LogP contribution in [-0.4, -0.2) is 39.5 Å². The maximum absolute atomic E-state index is 13.5. The van der Waals surface area contributed by atoms with E-state index in [2.05, 4.69) is 0 Å². The van der Waals surface area contributed by atoms with Gasteiger partial charge in [-0.3, -0.25) is 0 Å². The first-order chi connectivity index (χ1) is 12.6. The molecule has 1 heterocycles. The Balaban J connectivity index is 1.87. The molecule has 0 spiro atoms. The van der Waals surface area contributed by atoms with Crippen molar-refractivity contribution < 1.29 is 36.2 Å². The highest BCUT2D eigenvalue weighted by Gasteiger charge is 2.55. The van der Waals surface area contributed by atoms with Crippen LogP contribution in [0.15, 0.2) is 53.4 Å². The fourth-order valence-electron chi connectivity index (χ4n) is 2.55. The smallest absolute Gasteiger partial charge is 0.422 e. The molecule has 0 aliphatic carbocycles. The van der Waals surface area contributed by atoms with Crippen molar-refractivity contribution in [2.45, 2.75) is 16.7 Å². The van der Waals surface area contributed by atoms with Crippen LogP contribution in [0.5, 0.6) is 11.5 Å². The molecular weight excluding hydrogens is 387 g/mol. The SMILES string of the molecule is O=S(=O)(NCC(O)(c1ccccc1)C(F)(F)F)c1ccc2c(c1)OCCO2. The van der Waals surface area contributed by atoms with Gasteiger partial charge in [0.25, 0.3) is 0 Å². The van der Waals surface area contributed by atoms with Gasteiger partial charge in [-0.05, 0) is 17.7 Å². The Morgan fingerprint density at radius 3 is 2.26 bits per heavy atom. The summed E-state index contributed by atoms with van der Waals surface area (Å²) in [5.41, 5.74) is -3.85. The van der Waals surface area contributed by atoms with Gasteiger partial charge in [-0.1, -0.05) is 30.3 Å². The van der Waals surface area contributed by atoms with Gasteiger partial charge in [0, 0.05) is 6.07 Å². The lowest BCUT2D eigenvalue weighted by Gasteiger charge is -2.31. The molecule has 0 amide bonds. The molecule has 1 unspecified atom stereocenters. The molecule has 0 aromatic heterocycles. The number of benzene rings is 2. The Morgan fingerprint density at radius 1 is 1.00 bits per heavy atom. The summed E-state index contributed by atoms with van der Waals surface area (Å²) in [6, 6.07) is 9.98. The zero-order valence-corrected chi connectivity index (χ0v) is 14.7. The zero-order chi connectivity index (χ0) is 19.7. The van der Waals surface area contributed by atoms with E-state index in [1.54, 1.807) is 0 Å².